The summed E-state index contributed by atoms with van der Waals surface area (Å²) < 4.78 is 36.8. The van der Waals surface area contributed by atoms with Gasteiger partial charge in [0.25, 0.3) is 0 Å². The van der Waals surface area contributed by atoms with Gasteiger partial charge < -0.3 is 8.85 Å². The Balaban J connectivity index is 2.68. The third-order valence-corrected chi connectivity index (χ3v) is 4.24. The van der Waals surface area contributed by atoms with Gasteiger partial charge in [-0.15, -0.1) is 0 Å². The lowest BCUT2D eigenvalue weighted by molar-refractivity contribution is 0.213. The Hall–Kier alpha value is -0.783. The molecular weight excluding hydrogens is 230 g/mol. The van der Waals surface area contributed by atoms with Gasteiger partial charge in [0.1, 0.15) is 11.6 Å². The van der Waals surface area contributed by atoms with Crippen molar-refractivity contribution in [1.29, 1.82) is 0 Å². The van der Waals surface area contributed by atoms with Crippen molar-refractivity contribution in [1.82, 2.24) is 0 Å². The maximum Gasteiger partial charge on any atom is 0.325 e. The SMILES string of the molecule is CCO[SiH](Cc1cc(F)cc(F)c1)OCC. The lowest BCUT2D eigenvalue weighted by Crippen LogP contribution is -2.26. The maximum atomic E-state index is 12.9. The highest BCUT2D eigenvalue weighted by Crippen LogP contribution is 2.10. The van der Waals surface area contributed by atoms with Crippen molar-refractivity contribution in [2.24, 2.45) is 0 Å². The first-order valence-electron chi connectivity index (χ1n) is 5.33. The Labute approximate surface area is 96.0 Å². The quantitative estimate of drug-likeness (QED) is 0.717. The Kier molecular flexibility index (Phi) is 5.58. The maximum absolute atomic E-state index is 12.9. The highest BCUT2D eigenvalue weighted by Gasteiger charge is 2.14. The second-order valence-electron chi connectivity index (χ2n) is 3.32. The lowest BCUT2D eigenvalue weighted by Gasteiger charge is -2.14. The predicted octanol–water partition coefficient (Wildman–Crippen LogP) is 2.34. The number of halogens is 2. The predicted molar refractivity (Wildman–Crippen MR) is 60.5 cm³/mol. The third-order valence-electron chi connectivity index (χ3n) is 2.03. The Bertz CT molecular complexity index is 308. The highest BCUT2D eigenvalue weighted by atomic mass is 28.3. The van der Waals surface area contributed by atoms with Gasteiger partial charge in [0.15, 0.2) is 0 Å². The molecule has 2 nitrogen and oxygen atoms in total. The van der Waals surface area contributed by atoms with E-state index in [0.29, 0.717) is 24.8 Å². The van der Waals surface area contributed by atoms with E-state index in [0.717, 1.165) is 6.07 Å². The topological polar surface area (TPSA) is 18.5 Å². The van der Waals surface area contributed by atoms with Crippen LogP contribution >= 0.6 is 0 Å². The summed E-state index contributed by atoms with van der Waals surface area (Å²) in [5.41, 5.74) is 0.594. The van der Waals surface area contributed by atoms with Crippen molar-refractivity contribution < 1.29 is 17.6 Å². The van der Waals surface area contributed by atoms with Crippen LogP contribution in [0.4, 0.5) is 8.78 Å². The van der Waals surface area contributed by atoms with Gasteiger partial charge in [-0.2, -0.15) is 0 Å². The fraction of sp³-hybridized carbons (Fsp3) is 0.455. The zero-order chi connectivity index (χ0) is 12.0. The average molecular weight is 246 g/mol. The van der Waals surface area contributed by atoms with Gasteiger partial charge in [-0.3, -0.25) is 0 Å². The lowest BCUT2D eigenvalue weighted by atomic mass is 10.2. The molecule has 16 heavy (non-hydrogen) atoms. The molecule has 0 amide bonds. The van der Waals surface area contributed by atoms with Gasteiger partial charge in [0, 0.05) is 25.3 Å². The summed E-state index contributed by atoms with van der Waals surface area (Å²) in [4.78, 5) is 0. The Morgan fingerprint density at radius 3 is 1.94 bits per heavy atom. The van der Waals surface area contributed by atoms with E-state index in [1.165, 1.54) is 12.1 Å². The summed E-state index contributed by atoms with van der Waals surface area (Å²) in [6, 6.07) is 3.99. The van der Waals surface area contributed by atoms with Crippen LogP contribution in [0.15, 0.2) is 18.2 Å². The fourth-order valence-corrected chi connectivity index (χ4v) is 3.16. The molecule has 5 heteroatoms. The molecule has 0 spiro atoms. The molecule has 0 heterocycles. The molecule has 0 saturated heterocycles. The average Bonchev–Trinajstić information content (AvgIpc) is 2.16. The summed E-state index contributed by atoms with van der Waals surface area (Å²) in [5.74, 6) is -1.12. The molecule has 1 aromatic carbocycles. The Morgan fingerprint density at radius 2 is 1.50 bits per heavy atom. The molecule has 0 N–H and O–H groups in total. The minimum atomic E-state index is -1.84. The zero-order valence-electron chi connectivity index (χ0n) is 9.50. The third kappa shape index (κ3) is 4.38. The van der Waals surface area contributed by atoms with E-state index in [9.17, 15) is 8.78 Å². The second kappa shape index (κ2) is 6.73. The molecule has 1 rings (SSSR count). The van der Waals surface area contributed by atoms with Crippen LogP contribution < -0.4 is 0 Å². The van der Waals surface area contributed by atoms with Crippen molar-refractivity contribution >= 4 is 9.28 Å². The van der Waals surface area contributed by atoms with E-state index < -0.39 is 20.9 Å². The van der Waals surface area contributed by atoms with Crippen LogP contribution in [0.1, 0.15) is 19.4 Å². The molecule has 0 bridgehead atoms. The van der Waals surface area contributed by atoms with Crippen molar-refractivity contribution in [3.63, 3.8) is 0 Å². The van der Waals surface area contributed by atoms with Crippen molar-refractivity contribution in [2.45, 2.75) is 19.9 Å². The molecule has 0 radical (unpaired) electrons. The molecule has 0 aliphatic carbocycles. The van der Waals surface area contributed by atoms with E-state index in [1.54, 1.807) is 0 Å². The first-order valence-corrected chi connectivity index (χ1v) is 7.09. The van der Waals surface area contributed by atoms with Crippen LogP contribution in [-0.2, 0) is 14.9 Å². The van der Waals surface area contributed by atoms with Crippen LogP contribution in [-0.4, -0.2) is 22.5 Å². The van der Waals surface area contributed by atoms with Crippen LogP contribution in [0.25, 0.3) is 0 Å². The molecular formula is C11H16F2O2Si. The van der Waals surface area contributed by atoms with E-state index >= 15 is 0 Å². The summed E-state index contributed by atoms with van der Waals surface area (Å²) in [7, 11) is -1.84. The van der Waals surface area contributed by atoms with Crippen LogP contribution in [0.2, 0.25) is 0 Å². The number of hydrogen-bond donors (Lipinski definition) is 0. The summed E-state index contributed by atoms with van der Waals surface area (Å²) in [6.07, 6.45) is 0. The van der Waals surface area contributed by atoms with Crippen molar-refractivity contribution in [3.05, 3.63) is 35.4 Å². The molecule has 0 atom stereocenters. The fourth-order valence-electron chi connectivity index (χ4n) is 1.46. The van der Waals surface area contributed by atoms with Gasteiger partial charge in [0.2, 0.25) is 0 Å². The van der Waals surface area contributed by atoms with Gasteiger partial charge >= 0.3 is 9.28 Å². The van der Waals surface area contributed by atoms with E-state index in [2.05, 4.69) is 0 Å². The summed E-state index contributed by atoms with van der Waals surface area (Å²) >= 11 is 0. The minimum absolute atomic E-state index is 0.482. The largest absolute Gasteiger partial charge is 0.397 e. The van der Waals surface area contributed by atoms with Crippen LogP contribution in [0, 0.1) is 11.6 Å². The molecule has 0 fully saturated rings. The molecule has 1 aromatic rings. The first-order chi connectivity index (χ1) is 7.65. The van der Waals surface area contributed by atoms with Crippen LogP contribution in [0.5, 0.6) is 0 Å². The van der Waals surface area contributed by atoms with Crippen molar-refractivity contribution in [2.75, 3.05) is 13.2 Å². The van der Waals surface area contributed by atoms with E-state index in [-0.39, 0.29) is 0 Å². The first kappa shape index (κ1) is 13.3. The number of benzene rings is 1. The highest BCUT2D eigenvalue weighted by molar-refractivity contribution is 6.43. The van der Waals surface area contributed by atoms with E-state index in [4.69, 9.17) is 8.85 Å². The monoisotopic (exact) mass is 246 g/mol. The van der Waals surface area contributed by atoms with Gasteiger partial charge in [-0.25, -0.2) is 8.78 Å². The standard InChI is InChI=1S/C11H16F2O2Si/c1-3-14-16(15-4-2)8-9-5-10(12)7-11(13)6-9/h5-7,16H,3-4,8H2,1-2H3. The molecule has 0 unspecified atom stereocenters. The van der Waals surface area contributed by atoms with Gasteiger partial charge in [-0.05, 0) is 31.5 Å². The molecule has 0 saturated carbocycles. The normalized spacial score (nSPS) is 11.1. The summed E-state index contributed by atoms with van der Waals surface area (Å²) in [5, 5.41) is 0. The van der Waals surface area contributed by atoms with Gasteiger partial charge in [0.05, 0.1) is 0 Å². The van der Waals surface area contributed by atoms with Crippen LogP contribution in [0.3, 0.4) is 0 Å². The minimum Gasteiger partial charge on any atom is -0.397 e. The second-order valence-corrected chi connectivity index (χ2v) is 5.26. The zero-order valence-corrected chi connectivity index (χ0v) is 10.7. The van der Waals surface area contributed by atoms with Gasteiger partial charge in [-0.1, -0.05) is 0 Å². The number of rotatable bonds is 6. The smallest absolute Gasteiger partial charge is 0.325 e. The molecule has 0 aliphatic rings. The number of hydrogen-bond acceptors (Lipinski definition) is 2. The Morgan fingerprint density at radius 1 is 1.00 bits per heavy atom. The summed E-state index contributed by atoms with van der Waals surface area (Å²) in [6.45, 7) is 4.89. The molecule has 90 valence electrons. The van der Waals surface area contributed by atoms with Crippen molar-refractivity contribution in [3.8, 4) is 0 Å². The van der Waals surface area contributed by atoms with E-state index in [1.807, 2.05) is 13.8 Å². The molecule has 0 aromatic heterocycles. The molecule has 0 aliphatic heterocycles.